The Balaban J connectivity index is 1.93. The second-order valence-electron chi connectivity index (χ2n) is 5.75. The molecule has 0 aliphatic heterocycles. The highest BCUT2D eigenvalue weighted by atomic mass is 32.2. The summed E-state index contributed by atoms with van der Waals surface area (Å²) in [6.07, 6.45) is 6.19. The van der Waals surface area contributed by atoms with E-state index >= 15 is 0 Å². The van der Waals surface area contributed by atoms with Crippen molar-refractivity contribution in [2.24, 2.45) is 11.8 Å². The maximum atomic E-state index is 10.1. The molecule has 0 aromatic heterocycles. The highest BCUT2D eigenvalue weighted by molar-refractivity contribution is 7.99. The molecule has 1 N–H and O–H groups in total. The van der Waals surface area contributed by atoms with Gasteiger partial charge in [0.05, 0.1) is 18.1 Å². The average molecular weight is 289 g/mol. The van der Waals surface area contributed by atoms with Crippen LogP contribution in [0.3, 0.4) is 0 Å². The van der Waals surface area contributed by atoms with Gasteiger partial charge in [-0.1, -0.05) is 31.4 Å². The fraction of sp³-hybridized carbons (Fsp3) is 0.588. The molecule has 0 bridgehead atoms. The van der Waals surface area contributed by atoms with Crippen molar-refractivity contribution < 1.29 is 5.11 Å². The standard InChI is InChI=1S/C17H23NOS/c1-13(11-18)17(19)15-8-5-9-16(10-15)20-12-14-6-3-2-4-7-14/h5,8-10,13-14,17,19H,2-4,6-7,12H2,1H3. The third-order valence-electron chi connectivity index (χ3n) is 4.09. The van der Waals surface area contributed by atoms with E-state index in [1.807, 2.05) is 30.0 Å². The van der Waals surface area contributed by atoms with Crippen molar-refractivity contribution in [1.29, 1.82) is 5.26 Å². The predicted molar refractivity (Wildman–Crippen MR) is 83.5 cm³/mol. The fourth-order valence-electron chi connectivity index (χ4n) is 2.72. The summed E-state index contributed by atoms with van der Waals surface area (Å²) in [4.78, 5) is 1.21. The van der Waals surface area contributed by atoms with Crippen LogP contribution in [0.5, 0.6) is 0 Å². The average Bonchev–Trinajstić information content (AvgIpc) is 2.52. The molecule has 2 atom stereocenters. The van der Waals surface area contributed by atoms with Crippen LogP contribution in [0.4, 0.5) is 0 Å². The van der Waals surface area contributed by atoms with Gasteiger partial charge in [0.1, 0.15) is 0 Å². The summed E-state index contributed by atoms with van der Waals surface area (Å²) in [5.41, 5.74) is 0.854. The molecule has 108 valence electrons. The van der Waals surface area contributed by atoms with Gasteiger partial charge in [0.2, 0.25) is 0 Å². The highest BCUT2D eigenvalue weighted by Crippen LogP contribution is 2.31. The van der Waals surface area contributed by atoms with Gasteiger partial charge in [0.25, 0.3) is 0 Å². The molecule has 0 radical (unpaired) electrons. The number of hydrogen-bond donors (Lipinski definition) is 1. The number of hydrogen-bond acceptors (Lipinski definition) is 3. The Morgan fingerprint density at radius 3 is 2.80 bits per heavy atom. The summed E-state index contributed by atoms with van der Waals surface area (Å²) in [5.74, 6) is 1.65. The molecular weight excluding hydrogens is 266 g/mol. The summed E-state index contributed by atoms with van der Waals surface area (Å²) in [5, 5.41) is 19.0. The van der Waals surface area contributed by atoms with Gasteiger partial charge in [0.15, 0.2) is 0 Å². The van der Waals surface area contributed by atoms with Crippen molar-refractivity contribution in [3.05, 3.63) is 29.8 Å². The van der Waals surface area contributed by atoms with Gasteiger partial charge in [-0.15, -0.1) is 11.8 Å². The van der Waals surface area contributed by atoms with Crippen molar-refractivity contribution >= 4 is 11.8 Å². The molecule has 2 unspecified atom stereocenters. The van der Waals surface area contributed by atoms with Crippen LogP contribution >= 0.6 is 11.8 Å². The first-order chi connectivity index (χ1) is 9.70. The van der Waals surface area contributed by atoms with Gasteiger partial charge in [-0.3, -0.25) is 0 Å². The summed E-state index contributed by atoms with van der Waals surface area (Å²) >= 11 is 1.88. The Labute approximate surface area is 126 Å². The highest BCUT2D eigenvalue weighted by Gasteiger charge is 2.17. The normalized spacial score (nSPS) is 19.2. The van der Waals surface area contributed by atoms with E-state index in [-0.39, 0.29) is 5.92 Å². The number of aliphatic hydroxyl groups is 1. The lowest BCUT2D eigenvalue weighted by molar-refractivity contribution is 0.142. The number of nitrogens with zero attached hydrogens (tertiary/aromatic N) is 1. The third kappa shape index (κ3) is 4.26. The van der Waals surface area contributed by atoms with Crippen LogP contribution in [0.2, 0.25) is 0 Å². The molecule has 1 aliphatic carbocycles. The van der Waals surface area contributed by atoms with E-state index in [1.165, 1.54) is 42.8 Å². The van der Waals surface area contributed by atoms with Gasteiger partial charge < -0.3 is 5.11 Å². The van der Waals surface area contributed by atoms with E-state index in [2.05, 4.69) is 12.1 Å². The predicted octanol–water partition coefficient (Wildman–Crippen LogP) is 4.55. The summed E-state index contributed by atoms with van der Waals surface area (Å²) < 4.78 is 0. The Hall–Kier alpha value is -0.980. The van der Waals surface area contributed by atoms with Gasteiger partial charge in [0, 0.05) is 10.6 Å². The first-order valence-corrected chi connectivity index (χ1v) is 8.49. The van der Waals surface area contributed by atoms with Crippen LogP contribution in [-0.2, 0) is 0 Å². The van der Waals surface area contributed by atoms with Crippen molar-refractivity contribution in [3.63, 3.8) is 0 Å². The van der Waals surface area contributed by atoms with Gasteiger partial charge in [-0.25, -0.2) is 0 Å². The van der Waals surface area contributed by atoms with Crippen LogP contribution in [0, 0.1) is 23.2 Å². The molecule has 2 nitrogen and oxygen atoms in total. The van der Waals surface area contributed by atoms with Gasteiger partial charge in [-0.2, -0.15) is 5.26 Å². The topological polar surface area (TPSA) is 44.0 Å². The summed E-state index contributed by atoms with van der Waals surface area (Å²) in [6, 6.07) is 10.1. The molecule has 1 fully saturated rings. The van der Waals surface area contributed by atoms with E-state index in [1.54, 1.807) is 6.92 Å². The smallest absolute Gasteiger partial charge is 0.0945 e. The maximum absolute atomic E-state index is 10.1. The molecule has 0 heterocycles. The zero-order chi connectivity index (χ0) is 14.4. The molecule has 0 spiro atoms. The minimum Gasteiger partial charge on any atom is -0.387 e. The Morgan fingerprint density at radius 2 is 2.10 bits per heavy atom. The molecule has 1 aliphatic rings. The third-order valence-corrected chi connectivity index (χ3v) is 5.31. The fourth-order valence-corrected chi connectivity index (χ4v) is 3.87. The Kier molecular flexibility index (Phi) is 5.94. The number of rotatable bonds is 5. The van der Waals surface area contributed by atoms with Crippen LogP contribution in [0.15, 0.2) is 29.2 Å². The Bertz CT molecular complexity index is 462. The number of nitriles is 1. The molecule has 0 amide bonds. The van der Waals surface area contributed by atoms with Crippen molar-refractivity contribution in [1.82, 2.24) is 0 Å². The van der Waals surface area contributed by atoms with Crippen LogP contribution in [0.25, 0.3) is 0 Å². The van der Waals surface area contributed by atoms with E-state index in [4.69, 9.17) is 5.26 Å². The van der Waals surface area contributed by atoms with Crippen molar-refractivity contribution in [2.75, 3.05) is 5.75 Å². The molecule has 1 saturated carbocycles. The molecule has 2 rings (SSSR count). The summed E-state index contributed by atoms with van der Waals surface area (Å²) in [7, 11) is 0. The lowest BCUT2D eigenvalue weighted by atomic mass is 9.91. The minimum absolute atomic E-state index is 0.367. The van der Waals surface area contributed by atoms with Gasteiger partial charge in [-0.05, 0) is 43.4 Å². The maximum Gasteiger partial charge on any atom is 0.0945 e. The van der Waals surface area contributed by atoms with Crippen LogP contribution in [-0.4, -0.2) is 10.9 Å². The summed E-state index contributed by atoms with van der Waals surface area (Å²) in [6.45, 7) is 1.76. The largest absolute Gasteiger partial charge is 0.387 e. The zero-order valence-corrected chi connectivity index (χ0v) is 12.9. The Morgan fingerprint density at radius 1 is 1.35 bits per heavy atom. The van der Waals surface area contributed by atoms with E-state index in [0.29, 0.717) is 0 Å². The van der Waals surface area contributed by atoms with Crippen LogP contribution in [0.1, 0.15) is 50.7 Å². The molecular formula is C17H23NOS. The number of aliphatic hydroxyl groups excluding tert-OH is 1. The first-order valence-electron chi connectivity index (χ1n) is 7.51. The first kappa shape index (κ1) is 15.4. The van der Waals surface area contributed by atoms with Crippen LogP contribution < -0.4 is 0 Å². The minimum atomic E-state index is -0.685. The SMILES string of the molecule is CC(C#N)C(O)c1cccc(SCC2CCCCC2)c1. The monoisotopic (exact) mass is 289 g/mol. The van der Waals surface area contributed by atoms with Gasteiger partial charge >= 0.3 is 0 Å². The quantitative estimate of drug-likeness (QED) is 0.809. The molecule has 20 heavy (non-hydrogen) atoms. The molecule has 1 aromatic carbocycles. The molecule has 1 aromatic rings. The molecule has 0 saturated heterocycles. The zero-order valence-electron chi connectivity index (χ0n) is 12.1. The van der Waals surface area contributed by atoms with E-state index in [9.17, 15) is 5.11 Å². The lowest BCUT2D eigenvalue weighted by Crippen LogP contribution is -2.09. The second-order valence-corrected chi connectivity index (χ2v) is 6.84. The lowest BCUT2D eigenvalue weighted by Gasteiger charge is -2.21. The second kappa shape index (κ2) is 7.71. The van der Waals surface area contributed by atoms with E-state index < -0.39 is 6.10 Å². The van der Waals surface area contributed by atoms with E-state index in [0.717, 1.165) is 11.5 Å². The number of thioether (sulfide) groups is 1. The van der Waals surface area contributed by atoms with Crippen molar-refractivity contribution in [2.45, 2.75) is 50.0 Å². The van der Waals surface area contributed by atoms with Crippen molar-refractivity contribution in [3.8, 4) is 6.07 Å². The molecule has 3 heteroatoms. The number of benzene rings is 1.